The summed E-state index contributed by atoms with van der Waals surface area (Å²) >= 11 is 0. The number of rotatable bonds is 4. The van der Waals surface area contributed by atoms with Crippen LogP contribution in [0.4, 0.5) is 0 Å². The summed E-state index contributed by atoms with van der Waals surface area (Å²) in [4.78, 5) is 0. The minimum atomic E-state index is 0.896. The molecule has 0 saturated carbocycles. The van der Waals surface area contributed by atoms with E-state index in [1.807, 2.05) is 6.07 Å². The first-order valence-corrected chi connectivity index (χ1v) is 14.8. The highest BCUT2D eigenvalue weighted by molar-refractivity contribution is 6.27. The van der Waals surface area contributed by atoms with Crippen LogP contribution in [0.25, 0.3) is 88.0 Å². The molecule has 0 aliphatic carbocycles. The van der Waals surface area contributed by atoms with Gasteiger partial charge in [-0.1, -0.05) is 146 Å². The largest absolute Gasteiger partial charge is 0.455 e. The third-order valence-electron chi connectivity index (χ3n) is 8.85. The van der Waals surface area contributed by atoms with Crippen LogP contribution in [-0.4, -0.2) is 0 Å². The van der Waals surface area contributed by atoms with E-state index in [1.54, 1.807) is 0 Å². The molecule has 200 valence electrons. The first-order chi connectivity index (χ1) is 21.3. The zero-order valence-corrected chi connectivity index (χ0v) is 23.4. The fourth-order valence-corrected chi connectivity index (χ4v) is 6.87. The summed E-state index contributed by atoms with van der Waals surface area (Å²) in [6, 6.07) is 56.6. The summed E-state index contributed by atoms with van der Waals surface area (Å²) in [5.74, 6) is 0.905. The third-order valence-corrected chi connectivity index (χ3v) is 8.85. The average molecular weight is 547 g/mol. The highest BCUT2D eigenvalue weighted by atomic mass is 16.3. The minimum Gasteiger partial charge on any atom is -0.455 e. The Kier molecular flexibility index (Phi) is 5.27. The second kappa shape index (κ2) is 9.44. The summed E-state index contributed by atoms with van der Waals surface area (Å²) in [7, 11) is 0. The van der Waals surface area contributed by atoms with Crippen molar-refractivity contribution < 1.29 is 4.42 Å². The molecule has 0 radical (unpaired) electrons. The Bertz CT molecular complexity index is 2420. The van der Waals surface area contributed by atoms with Gasteiger partial charge in [0.05, 0.1) is 0 Å². The fraction of sp³-hybridized carbons (Fsp3) is 0. The lowest BCUT2D eigenvalue weighted by atomic mass is 9.87. The molecule has 0 bridgehead atoms. The van der Waals surface area contributed by atoms with Crippen molar-refractivity contribution in [3.05, 3.63) is 158 Å². The predicted molar refractivity (Wildman–Crippen MR) is 182 cm³/mol. The summed E-state index contributed by atoms with van der Waals surface area (Å²) in [6.07, 6.45) is 0. The quantitative estimate of drug-likeness (QED) is 0.200. The van der Waals surface area contributed by atoms with Crippen molar-refractivity contribution in [1.29, 1.82) is 0 Å². The van der Waals surface area contributed by atoms with E-state index in [4.69, 9.17) is 4.42 Å². The van der Waals surface area contributed by atoms with Crippen LogP contribution in [0.5, 0.6) is 0 Å². The van der Waals surface area contributed by atoms with Crippen molar-refractivity contribution in [3.8, 4) is 44.7 Å². The van der Waals surface area contributed by atoms with Crippen LogP contribution >= 0.6 is 0 Å². The van der Waals surface area contributed by atoms with E-state index in [-0.39, 0.29) is 0 Å². The second-order valence-electron chi connectivity index (χ2n) is 11.3. The standard InChI is InChI=1S/C42H26O/c1-4-10-27(11-5-1)33-21-16-29-19-24-36-34(22-17-30-18-23-35(33)39(29)40(30)36)32-20-25-37-38(26-32)43-42(31-14-8-3-9-15-31)41(37)28-12-6-2-7-13-28/h1-26H. The number of furan rings is 1. The Hall–Kier alpha value is -5.66. The smallest absolute Gasteiger partial charge is 0.143 e. The first-order valence-electron chi connectivity index (χ1n) is 14.8. The lowest BCUT2D eigenvalue weighted by Crippen LogP contribution is -1.89. The molecule has 0 unspecified atom stereocenters. The number of hydrogen-bond donors (Lipinski definition) is 0. The van der Waals surface area contributed by atoms with Crippen molar-refractivity contribution in [1.82, 2.24) is 0 Å². The first kappa shape index (κ1) is 24.0. The average Bonchev–Trinajstić information content (AvgIpc) is 3.47. The Morgan fingerprint density at radius 1 is 0.349 bits per heavy atom. The van der Waals surface area contributed by atoms with Gasteiger partial charge in [0.2, 0.25) is 0 Å². The van der Waals surface area contributed by atoms with Crippen LogP contribution in [-0.2, 0) is 0 Å². The topological polar surface area (TPSA) is 13.1 Å². The molecule has 1 aromatic heterocycles. The predicted octanol–water partition coefficient (Wildman–Crippen LogP) is 12.0. The number of fused-ring (bicyclic) bond motifs is 1. The van der Waals surface area contributed by atoms with Gasteiger partial charge < -0.3 is 4.42 Å². The van der Waals surface area contributed by atoms with Gasteiger partial charge >= 0.3 is 0 Å². The molecule has 9 rings (SSSR count). The molecule has 1 heterocycles. The zero-order valence-electron chi connectivity index (χ0n) is 23.4. The minimum absolute atomic E-state index is 0.896. The van der Waals surface area contributed by atoms with Gasteiger partial charge in [-0.25, -0.2) is 0 Å². The molecule has 1 nitrogen and oxygen atoms in total. The van der Waals surface area contributed by atoms with E-state index in [9.17, 15) is 0 Å². The molecule has 1 heteroatoms. The summed E-state index contributed by atoms with van der Waals surface area (Å²) in [5, 5.41) is 8.86. The van der Waals surface area contributed by atoms with Gasteiger partial charge in [0.15, 0.2) is 0 Å². The van der Waals surface area contributed by atoms with Gasteiger partial charge in [0.25, 0.3) is 0 Å². The van der Waals surface area contributed by atoms with Crippen molar-refractivity contribution >= 4 is 43.3 Å². The van der Waals surface area contributed by atoms with Crippen LogP contribution in [0.15, 0.2) is 162 Å². The van der Waals surface area contributed by atoms with E-state index in [0.717, 1.165) is 39.0 Å². The fourth-order valence-electron chi connectivity index (χ4n) is 6.87. The molecule has 0 N–H and O–H groups in total. The van der Waals surface area contributed by atoms with Gasteiger partial charge in [0.1, 0.15) is 11.3 Å². The maximum Gasteiger partial charge on any atom is 0.143 e. The Balaban J connectivity index is 1.28. The van der Waals surface area contributed by atoms with Gasteiger partial charge in [0, 0.05) is 16.5 Å². The van der Waals surface area contributed by atoms with Crippen molar-refractivity contribution in [2.45, 2.75) is 0 Å². The van der Waals surface area contributed by atoms with Crippen molar-refractivity contribution in [2.24, 2.45) is 0 Å². The Morgan fingerprint density at radius 3 is 1.44 bits per heavy atom. The molecular formula is C42H26O. The maximum atomic E-state index is 6.69. The number of hydrogen-bond acceptors (Lipinski definition) is 1. The van der Waals surface area contributed by atoms with E-state index >= 15 is 0 Å². The Labute approximate surface area is 249 Å². The Morgan fingerprint density at radius 2 is 0.837 bits per heavy atom. The van der Waals surface area contributed by atoms with Crippen molar-refractivity contribution in [3.63, 3.8) is 0 Å². The van der Waals surface area contributed by atoms with Crippen LogP contribution < -0.4 is 0 Å². The van der Waals surface area contributed by atoms with E-state index in [1.165, 1.54) is 49.0 Å². The molecule has 8 aromatic carbocycles. The van der Waals surface area contributed by atoms with E-state index < -0.39 is 0 Å². The lowest BCUT2D eigenvalue weighted by Gasteiger charge is -2.16. The molecule has 9 aromatic rings. The zero-order chi connectivity index (χ0) is 28.3. The summed E-state index contributed by atoms with van der Waals surface area (Å²) in [5.41, 5.74) is 9.15. The summed E-state index contributed by atoms with van der Waals surface area (Å²) < 4.78 is 6.69. The van der Waals surface area contributed by atoms with Crippen LogP contribution in [0.1, 0.15) is 0 Å². The van der Waals surface area contributed by atoms with Gasteiger partial charge in [-0.3, -0.25) is 0 Å². The maximum absolute atomic E-state index is 6.69. The van der Waals surface area contributed by atoms with Crippen LogP contribution in [0.3, 0.4) is 0 Å². The highest BCUT2D eigenvalue weighted by Crippen LogP contribution is 2.45. The van der Waals surface area contributed by atoms with Crippen LogP contribution in [0.2, 0.25) is 0 Å². The SMILES string of the molecule is c1ccc(-c2oc3cc(-c4ccc5ccc6c(-c7ccccc7)ccc7ccc4c5c76)ccc3c2-c2ccccc2)cc1. The van der Waals surface area contributed by atoms with Crippen LogP contribution in [0, 0.1) is 0 Å². The highest BCUT2D eigenvalue weighted by Gasteiger charge is 2.19. The van der Waals surface area contributed by atoms with Gasteiger partial charge in [-0.15, -0.1) is 0 Å². The molecule has 0 aliphatic rings. The summed E-state index contributed by atoms with van der Waals surface area (Å²) in [6.45, 7) is 0. The molecule has 0 saturated heterocycles. The molecular weight excluding hydrogens is 520 g/mol. The lowest BCUT2D eigenvalue weighted by molar-refractivity contribution is 0.632. The van der Waals surface area contributed by atoms with Gasteiger partial charge in [-0.05, 0) is 72.3 Å². The molecule has 0 spiro atoms. The van der Waals surface area contributed by atoms with Gasteiger partial charge in [-0.2, -0.15) is 0 Å². The molecule has 0 fully saturated rings. The normalized spacial score (nSPS) is 11.7. The molecule has 43 heavy (non-hydrogen) atoms. The monoisotopic (exact) mass is 546 g/mol. The van der Waals surface area contributed by atoms with E-state index in [2.05, 4.69) is 152 Å². The van der Waals surface area contributed by atoms with Crippen molar-refractivity contribution in [2.75, 3.05) is 0 Å². The molecule has 0 atom stereocenters. The molecule has 0 amide bonds. The molecule has 0 aliphatic heterocycles. The second-order valence-corrected chi connectivity index (χ2v) is 11.3. The third kappa shape index (κ3) is 3.72. The number of benzene rings is 8. The van der Waals surface area contributed by atoms with E-state index in [0.29, 0.717) is 0 Å².